The Morgan fingerprint density at radius 2 is 1.61 bits per heavy atom. The molecule has 5 aromatic rings. The number of nitrogens with one attached hydrogen (secondary N) is 2. The third kappa shape index (κ3) is 6.11. The SMILES string of the molecule is Cn1cc(-c2cc(Oc3ccc(NC(=O)Nc4cccc(Oc5ccc(F)cc5)c4)cc3F)ccn2)cn1. The van der Waals surface area contributed by atoms with Gasteiger partial charge < -0.3 is 20.1 Å². The first kappa shape index (κ1) is 24.4. The summed E-state index contributed by atoms with van der Waals surface area (Å²) in [5, 5.41) is 9.37. The van der Waals surface area contributed by atoms with Crippen molar-refractivity contribution in [3.05, 3.63) is 109 Å². The predicted molar refractivity (Wildman–Crippen MR) is 138 cm³/mol. The maximum atomic E-state index is 14.8. The van der Waals surface area contributed by atoms with Gasteiger partial charge in [0.15, 0.2) is 11.6 Å². The van der Waals surface area contributed by atoms with Crippen molar-refractivity contribution in [2.75, 3.05) is 10.6 Å². The van der Waals surface area contributed by atoms with Gasteiger partial charge in [-0.2, -0.15) is 5.10 Å². The minimum absolute atomic E-state index is 0.00932. The highest BCUT2D eigenvalue weighted by atomic mass is 19.1. The number of anilines is 2. The largest absolute Gasteiger partial charge is 0.457 e. The van der Waals surface area contributed by atoms with Crippen LogP contribution in [-0.4, -0.2) is 20.8 Å². The normalized spacial score (nSPS) is 10.6. The second kappa shape index (κ2) is 10.8. The summed E-state index contributed by atoms with van der Waals surface area (Å²) >= 11 is 0. The van der Waals surface area contributed by atoms with Gasteiger partial charge in [-0.3, -0.25) is 9.67 Å². The topological polar surface area (TPSA) is 90.3 Å². The van der Waals surface area contributed by atoms with Crippen molar-refractivity contribution in [1.82, 2.24) is 14.8 Å². The number of aromatic nitrogens is 3. The van der Waals surface area contributed by atoms with Gasteiger partial charge in [-0.1, -0.05) is 6.07 Å². The van der Waals surface area contributed by atoms with E-state index in [4.69, 9.17) is 9.47 Å². The molecule has 0 unspecified atom stereocenters. The Balaban J connectivity index is 1.21. The smallest absolute Gasteiger partial charge is 0.323 e. The molecule has 0 aliphatic carbocycles. The second-order valence-electron chi connectivity index (χ2n) is 8.19. The van der Waals surface area contributed by atoms with Gasteiger partial charge in [-0.25, -0.2) is 13.6 Å². The van der Waals surface area contributed by atoms with Crippen molar-refractivity contribution in [3.8, 4) is 34.3 Å². The Kier molecular flexibility index (Phi) is 6.94. The fourth-order valence-corrected chi connectivity index (χ4v) is 3.54. The van der Waals surface area contributed by atoms with Gasteiger partial charge in [-0.05, 0) is 54.6 Å². The molecule has 38 heavy (non-hydrogen) atoms. The molecule has 0 spiro atoms. The number of carbonyl (C=O) groups is 1. The molecule has 0 bridgehead atoms. The monoisotopic (exact) mass is 513 g/mol. The number of benzene rings is 3. The van der Waals surface area contributed by atoms with Crippen LogP contribution < -0.4 is 20.1 Å². The molecule has 2 heterocycles. The minimum Gasteiger partial charge on any atom is -0.457 e. The van der Waals surface area contributed by atoms with E-state index in [2.05, 4.69) is 20.7 Å². The van der Waals surface area contributed by atoms with E-state index in [1.807, 2.05) is 6.20 Å². The van der Waals surface area contributed by atoms with E-state index in [1.165, 1.54) is 36.4 Å². The number of halogens is 2. The van der Waals surface area contributed by atoms with Crippen molar-refractivity contribution in [2.24, 2.45) is 7.05 Å². The molecule has 0 radical (unpaired) electrons. The van der Waals surface area contributed by atoms with Crippen molar-refractivity contribution >= 4 is 17.4 Å². The number of hydrogen-bond acceptors (Lipinski definition) is 5. The average Bonchev–Trinajstić information content (AvgIpc) is 3.34. The van der Waals surface area contributed by atoms with E-state index in [-0.39, 0.29) is 17.3 Å². The number of nitrogens with zero attached hydrogens (tertiary/aromatic N) is 3. The lowest BCUT2D eigenvalue weighted by molar-refractivity contribution is 0.262. The highest BCUT2D eigenvalue weighted by molar-refractivity contribution is 5.99. The van der Waals surface area contributed by atoms with Gasteiger partial charge in [0, 0.05) is 54.6 Å². The molecule has 8 nitrogen and oxygen atoms in total. The second-order valence-corrected chi connectivity index (χ2v) is 8.19. The minimum atomic E-state index is -0.655. The number of aryl methyl sites for hydroxylation is 1. The van der Waals surface area contributed by atoms with Gasteiger partial charge in [-0.15, -0.1) is 0 Å². The summed E-state index contributed by atoms with van der Waals surface area (Å²) in [6.45, 7) is 0. The summed E-state index contributed by atoms with van der Waals surface area (Å²) in [5.74, 6) is 0.268. The van der Waals surface area contributed by atoms with E-state index in [1.54, 1.807) is 60.5 Å². The Labute approximate surface area is 216 Å². The molecule has 0 saturated heterocycles. The van der Waals surface area contributed by atoms with Crippen LogP contribution in [0.1, 0.15) is 0 Å². The Hall–Kier alpha value is -5.25. The molecule has 2 aromatic heterocycles. The van der Waals surface area contributed by atoms with Gasteiger partial charge in [0.1, 0.15) is 23.1 Å². The highest BCUT2D eigenvalue weighted by Crippen LogP contribution is 2.29. The van der Waals surface area contributed by atoms with Crippen LogP contribution in [0.15, 0.2) is 97.5 Å². The number of amides is 2. The molecule has 3 aromatic carbocycles. The summed E-state index contributed by atoms with van der Waals surface area (Å²) in [5.41, 5.74) is 2.12. The van der Waals surface area contributed by atoms with Crippen LogP contribution in [0, 0.1) is 11.6 Å². The lowest BCUT2D eigenvalue weighted by atomic mass is 10.2. The van der Waals surface area contributed by atoms with Gasteiger partial charge >= 0.3 is 6.03 Å². The van der Waals surface area contributed by atoms with Gasteiger partial charge in [0.05, 0.1) is 11.9 Å². The molecular formula is C28H21F2N5O3. The fraction of sp³-hybridized carbons (Fsp3) is 0.0357. The lowest BCUT2D eigenvalue weighted by Gasteiger charge is -2.12. The van der Waals surface area contributed by atoms with E-state index < -0.39 is 11.8 Å². The molecular weight excluding hydrogens is 492 g/mol. The molecule has 0 atom stereocenters. The van der Waals surface area contributed by atoms with Crippen molar-refractivity contribution in [1.29, 1.82) is 0 Å². The fourth-order valence-electron chi connectivity index (χ4n) is 3.54. The van der Waals surface area contributed by atoms with E-state index >= 15 is 0 Å². The molecule has 0 aliphatic heterocycles. The van der Waals surface area contributed by atoms with E-state index in [0.717, 1.165) is 11.6 Å². The summed E-state index contributed by atoms with van der Waals surface area (Å²) in [6.07, 6.45) is 5.05. The van der Waals surface area contributed by atoms with Crippen LogP contribution in [-0.2, 0) is 7.05 Å². The third-order valence-corrected chi connectivity index (χ3v) is 5.29. The van der Waals surface area contributed by atoms with Crippen LogP contribution in [0.4, 0.5) is 25.0 Å². The van der Waals surface area contributed by atoms with Crippen LogP contribution >= 0.6 is 0 Å². The van der Waals surface area contributed by atoms with Crippen LogP contribution in [0.2, 0.25) is 0 Å². The molecule has 0 aliphatic rings. The summed E-state index contributed by atoms with van der Waals surface area (Å²) in [6, 6.07) is 19.1. The van der Waals surface area contributed by atoms with Gasteiger partial charge in [0.25, 0.3) is 0 Å². The Morgan fingerprint density at radius 1 is 0.842 bits per heavy atom. The first-order valence-electron chi connectivity index (χ1n) is 11.5. The lowest BCUT2D eigenvalue weighted by Crippen LogP contribution is -2.19. The van der Waals surface area contributed by atoms with Crippen LogP contribution in [0.25, 0.3) is 11.3 Å². The van der Waals surface area contributed by atoms with E-state index in [0.29, 0.717) is 28.6 Å². The number of rotatable bonds is 7. The molecule has 10 heteroatoms. The molecule has 2 N–H and O–H groups in total. The molecule has 0 saturated carbocycles. The van der Waals surface area contributed by atoms with Crippen LogP contribution in [0.3, 0.4) is 0 Å². The number of hydrogen-bond donors (Lipinski definition) is 2. The zero-order valence-corrected chi connectivity index (χ0v) is 20.1. The third-order valence-electron chi connectivity index (χ3n) is 5.29. The molecule has 0 fully saturated rings. The summed E-state index contributed by atoms with van der Waals surface area (Å²) < 4.78 is 40.9. The Morgan fingerprint density at radius 3 is 2.34 bits per heavy atom. The first-order chi connectivity index (χ1) is 18.4. The van der Waals surface area contributed by atoms with Crippen molar-refractivity contribution in [3.63, 3.8) is 0 Å². The average molecular weight is 514 g/mol. The summed E-state index contributed by atoms with van der Waals surface area (Å²) in [7, 11) is 1.80. The number of ether oxygens (including phenoxy) is 2. The highest BCUT2D eigenvalue weighted by Gasteiger charge is 2.11. The first-order valence-corrected chi connectivity index (χ1v) is 11.5. The quantitative estimate of drug-likeness (QED) is 0.245. The molecule has 190 valence electrons. The van der Waals surface area contributed by atoms with E-state index in [9.17, 15) is 13.6 Å². The van der Waals surface area contributed by atoms with Gasteiger partial charge in [0.2, 0.25) is 0 Å². The zero-order valence-electron chi connectivity index (χ0n) is 20.1. The van der Waals surface area contributed by atoms with Crippen molar-refractivity contribution in [2.45, 2.75) is 0 Å². The zero-order chi connectivity index (χ0) is 26.5. The molecule has 5 rings (SSSR count). The number of carbonyl (C=O) groups excluding carboxylic acids is 1. The summed E-state index contributed by atoms with van der Waals surface area (Å²) in [4.78, 5) is 16.8. The predicted octanol–water partition coefficient (Wildman–Crippen LogP) is 6.99. The standard InChI is InChI=1S/C28H21F2N5O3/c1-35-17-18(16-32-35)26-15-24(11-12-31-26)38-27-10-7-21(14-25(27)30)34-28(36)33-20-3-2-4-23(13-20)37-22-8-5-19(29)6-9-22/h2-17H,1H3,(H2,33,34,36). The number of urea groups is 1. The molecule has 2 amide bonds. The van der Waals surface area contributed by atoms with Crippen molar-refractivity contribution < 1.29 is 23.0 Å². The maximum absolute atomic E-state index is 14.8. The Bertz CT molecular complexity index is 1590. The van der Waals surface area contributed by atoms with Crippen LogP contribution in [0.5, 0.6) is 23.0 Å². The maximum Gasteiger partial charge on any atom is 0.323 e. The number of pyridine rings is 1.